The zero-order valence-electron chi connectivity index (χ0n) is 14.1. The molecule has 0 spiro atoms. The number of carbonyl (C=O) groups is 1. The fourth-order valence-electron chi connectivity index (χ4n) is 2.75. The molecule has 23 heavy (non-hydrogen) atoms. The molecule has 2 atom stereocenters. The van der Waals surface area contributed by atoms with Crippen molar-refractivity contribution in [3.05, 3.63) is 34.9 Å². The van der Waals surface area contributed by atoms with Gasteiger partial charge in [-0.3, -0.25) is 0 Å². The van der Waals surface area contributed by atoms with Crippen molar-refractivity contribution in [1.82, 2.24) is 15.1 Å². The topological polar surface area (TPSA) is 44.8 Å². The number of hydrogen-bond acceptors (Lipinski definition) is 3. The monoisotopic (exact) mass is 339 g/mol. The van der Waals surface area contributed by atoms with E-state index in [4.69, 9.17) is 16.3 Å². The summed E-state index contributed by atoms with van der Waals surface area (Å²) in [5.41, 5.74) is 1.01. The first-order chi connectivity index (χ1) is 11.0. The second-order valence-corrected chi connectivity index (χ2v) is 6.51. The molecule has 1 aliphatic rings. The molecule has 1 N–H and O–H groups in total. The normalized spacial score (nSPS) is 20.1. The molecule has 0 aromatic heterocycles. The van der Waals surface area contributed by atoms with Gasteiger partial charge >= 0.3 is 6.03 Å². The molecule has 6 heteroatoms. The molecular formula is C17H26ClN3O2. The van der Waals surface area contributed by atoms with E-state index >= 15 is 0 Å². The summed E-state index contributed by atoms with van der Waals surface area (Å²) >= 11 is 5.99. The highest BCUT2D eigenvalue weighted by Gasteiger charge is 2.30. The van der Waals surface area contributed by atoms with Crippen LogP contribution in [0.3, 0.4) is 0 Å². The summed E-state index contributed by atoms with van der Waals surface area (Å²) in [5.74, 6) is 0. The molecule has 0 unspecified atom stereocenters. The van der Waals surface area contributed by atoms with Gasteiger partial charge in [0.2, 0.25) is 0 Å². The fraction of sp³-hybridized carbons (Fsp3) is 0.588. The van der Waals surface area contributed by atoms with Crippen LogP contribution < -0.4 is 5.32 Å². The number of benzene rings is 1. The number of hydrogen-bond donors (Lipinski definition) is 1. The summed E-state index contributed by atoms with van der Waals surface area (Å²) in [6, 6.07) is 7.32. The smallest absolute Gasteiger partial charge is 0.317 e. The number of carbonyl (C=O) groups excluding carboxylic acids is 1. The van der Waals surface area contributed by atoms with Gasteiger partial charge in [-0.25, -0.2) is 4.79 Å². The van der Waals surface area contributed by atoms with Gasteiger partial charge in [0.1, 0.15) is 0 Å². The molecule has 1 fully saturated rings. The van der Waals surface area contributed by atoms with Crippen LogP contribution in [0.4, 0.5) is 4.79 Å². The zero-order valence-corrected chi connectivity index (χ0v) is 14.8. The Bertz CT molecular complexity index is 509. The molecule has 0 saturated carbocycles. The highest BCUT2D eigenvalue weighted by molar-refractivity contribution is 6.30. The summed E-state index contributed by atoms with van der Waals surface area (Å²) in [5, 5.41) is 3.80. The van der Waals surface area contributed by atoms with Crippen molar-refractivity contribution >= 4 is 17.6 Å². The maximum atomic E-state index is 12.4. The third-order valence-corrected chi connectivity index (χ3v) is 4.33. The predicted octanol–water partition coefficient (Wildman–Crippen LogP) is 2.76. The van der Waals surface area contributed by atoms with Gasteiger partial charge in [0.05, 0.1) is 18.8 Å². The van der Waals surface area contributed by atoms with Crippen molar-refractivity contribution in [2.24, 2.45) is 0 Å². The Balaban J connectivity index is 2.17. The van der Waals surface area contributed by atoms with Gasteiger partial charge in [-0.05, 0) is 31.2 Å². The Labute approximate surface area is 143 Å². The van der Waals surface area contributed by atoms with Gasteiger partial charge in [-0.1, -0.05) is 30.7 Å². The molecule has 2 rings (SSSR count). The highest BCUT2D eigenvalue weighted by Crippen LogP contribution is 2.24. The van der Waals surface area contributed by atoms with Crippen molar-refractivity contribution in [2.75, 3.05) is 40.3 Å². The van der Waals surface area contributed by atoms with E-state index in [1.54, 1.807) is 4.90 Å². The van der Waals surface area contributed by atoms with Crippen molar-refractivity contribution < 1.29 is 9.53 Å². The van der Waals surface area contributed by atoms with Crippen LogP contribution in [0.25, 0.3) is 0 Å². The number of nitrogens with one attached hydrogen (secondary N) is 1. The van der Waals surface area contributed by atoms with Gasteiger partial charge in [-0.15, -0.1) is 0 Å². The number of amides is 2. The summed E-state index contributed by atoms with van der Waals surface area (Å²) in [6.45, 7) is 5.15. The minimum absolute atomic E-state index is 0.0751. The third kappa shape index (κ3) is 5.09. The molecular weight excluding hydrogens is 314 g/mol. The number of likely N-dealkylation sites (N-methyl/N-ethyl adjacent to an activating group) is 1. The Morgan fingerprint density at radius 3 is 2.78 bits per heavy atom. The molecule has 1 aliphatic heterocycles. The molecule has 5 nitrogen and oxygen atoms in total. The second-order valence-electron chi connectivity index (χ2n) is 6.07. The minimum Gasteiger partial charge on any atom is -0.373 e. The van der Waals surface area contributed by atoms with E-state index in [2.05, 4.69) is 24.2 Å². The van der Waals surface area contributed by atoms with Crippen LogP contribution in [0.15, 0.2) is 24.3 Å². The van der Waals surface area contributed by atoms with E-state index in [0.29, 0.717) is 11.6 Å². The van der Waals surface area contributed by atoms with Crippen LogP contribution in [0.2, 0.25) is 5.02 Å². The second kappa shape index (κ2) is 8.52. The zero-order chi connectivity index (χ0) is 16.8. The largest absolute Gasteiger partial charge is 0.373 e. The van der Waals surface area contributed by atoms with Crippen LogP contribution in [-0.2, 0) is 4.74 Å². The molecule has 0 bridgehead atoms. The number of nitrogens with zero attached hydrogens (tertiary/aromatic N) is 2. The molecule has 128 valence electrons. The van der Waals surface area contributed by atoms with Crippen LogP contribution in [0.5, 0.6) is 0 Å². The van der Waals surface area contributed by atoms with Gasteiger partial charge in [-0.2, -0.15) is 0 Å². The summed E-state index contributed by atoms with van der Waals surface area (Å²) in [4.78, 5) is 16.4. The quantitative estimate of drug-likeness (QED) is 0.897. The van der Waals surface area contributed by atoms with Crippen molar-refractivity contribution in [1.29, 1.82) is 0 Å². The number of halogens is 1. The molecule has 1 heterocycles. The maximum absolute atomic E-state index is 12.4. The van der Waals surface area contributed by atoms with E-state index in [1.807, 2.05) is 31.3 Å². The standard InChI is InChI=1S/C17H26ClN3O2/c1-4-9-21(3)17(22)19-16(13-5-7-14(18)8-6-13)15-12-20(2)10-11-23-15/h5-8,15-16H,4,9-12H2,1-3H3,(H,19,22)/t15-,16-/m1/s1. The fourth-order valence-corrected chi connectivity index (χ4v) is 2.88. The number of urea groups is 1. The average molecular weight is 340 g/mol. The van der Waals surface area contributed by atoms with Gasteiger partial charge in [0.25, 0.3) is 0 Å². The van der Waals surface area contributed by atoms with Crippen molar-refractivity contribution in [3.63, 3.8) is 0 Å². The summed E-state index contributed by atoms with van der Waals surface area (Å²) in [7, 11) is 3.88. The van der Waals surface area contributed by atoms with Crippen molar-refractivity contribution in [3.8, 4) is 0 Å². The van der Waals surface area contributed by atoms with E-state index in [9.17, 15) is 4.79 Å². The molecule has 1 aromatic rings. The average Bonchev–Trinajstić information content (AvgIpc) is 2.53. The van der Waals surface area contributed by atoms with E-state index < -0.39 is 0 Å². The van der Waals surface area contributed by atoms with Gasteiger partial charge in [0, 0.05) is 31.7 Å². The lowest BCUT2D eigenvalue weighted by Crippen LogP contribution is -2.50. The minimum atomic E-state index is -0.193. The summed E-state index contributed by atoms with van der Waals surface area (Å²) < 4.78 is 5.93. The number of ether oxygens (including phenoxy) is 1. The van der Waals surface area contributed by atoms with E-state index in [0.717, 1.165) is 31.6 Å². The Kier molecular flexibility index (Phi) is 6.69. The van der Waals surface area contributed by atoms with Gasteiger partial charge in [0.15, 0.2) is 0 Å². The Morgan fingerprint density at radius 1 is 1.48 bits per heavy atom. The Morgan fingerprint density at radius 2 is 2.17 bits per heavy atom. The summed E-state index contributed by atoms with van der Waals surface area (Å²) in [6.07, 6.45) is 0.854. The van der Waals surface area contributed by atoms with Crippen LogP contribution >= 0.6 is 11.6 Å². The van der Waals surface area contributed by atoms with Gasteiger partial charge < -0.3 is 19.9 Å². The molecule has 1 aromatic carbocycles. The first-order valence-electron chi connectivity index (χ1n) is 8.08. The van der Waals surface area contributed by atoms with E-state index in [-0.39, 0.29) is 18.2 Å². The van der Waals surface area contributed by atoms with Crippen LogP contribution in [0.1, 0.15) is 24.9 Å². The molecule has 0 radical (unpaired) electrons. The van der Waals surface area contributed by atoms with Crippen LogP contribution in [0, 0.1) is 0 Å². The lowest BCUT2D eigenvalue weighted by atomic mass is 10.00. The molecule has 1 saturated heterocycles. The van der Waals surface area contributed by atoms with Crippen LogP contribution in [-0.4, -0.2) is 62.3 Å². The van der Waals surface area contributed by atoms with Crippen molar-refractivity contribution in [2.45, 2.75) is 25.5 Å². The first kappa shape index (κ1) is 18.0. The predicted molar refractivity (Wildman–Crippen MR) is 92.9 cm³/mol. The van der Waals surface area contributed by atoms with E-state index in [1.165, 1.54) is 0 Å². The number of rotatable bonds is 5. The SMILES string of the molecule is CCCN(C)C(=O)N[C@H](c1ccc(Cl)cc1)[C@H]1CN(C)CCO1. The molecule has 0 aliphatic carbocycles. The third-order valence-electron chi connectivity index (χ3n) is 4.08. The number of morpholine rings is 1. The maximum Gasteiger partial charge on any atom is 0.317 e. The highest BCUT2D eigenvalue weighted by atomic mass is 35.5. The Hall–Kier alpha value is -1.30. The lowest BCUT2D eigenvalue weighted by Gasteiger charge is -2.36. The first-order valence-corrected chi connectivity index (χ1v) is 8.46. The molecule has 2 amide bonds. The lowest BCUT2D eigenvalue weighted by molar-refractivity contribution is -0.0377.